The van der Waals surface area contributed by atoms with Crippen molar-refractivity contribution in [2.24, 2.45) is 0 Å². The Balaban J connectivity index is 2.52. The average molecular weight is 205 g/mol. The van der Waals surface area contributed by atoms with Crippen molar-refractivity contribution in [1.29, 1.82) is 0 Å². The third kappa shape index (κ3) is 1.66. The monoisotopic (exact) mass is 205 g/mol. The summed E-state index contributed by atoms with van der Waals surface area (Å²) >= 11 is 0. The van der Waals surface area contributed by atoms with Crippen LogP contribution in [0, 0.1) is 6.92 Å². The fraction of sp³-hybridized carbons (Fsp3) is 0.125. The summed E-state index contributed by atoms with van der Waals surface area (Å²) in [7, 11) is 0. The Kier molecular flexibility index (Phi) is 2.13. The molecular formula is C8H7N5O2. The quantitative estimate of drug-likeness (QED) is 0.728. The van der Waals surface area contributed by atoms with Gasteiger partial charge in [-0.25, -0.2) is 14.8 Å². The van der Waals surface area contributed by atoms with Crippen LogP contribution in [0.4, 0.5) is 0 Å². The molecule has 2 rings (SSSR count). The molecule has 0 amide bonds. The van der Waals surface area contributed by atoms with Crippen LogP contribution < -0.4 is 0 Å². The molecule has 7 nitrogen and oxygen atoms in total. The molecule has 0 unspecified atom stereocenters. The molecule has 0 radical (unpaired) electrons. The number of carboxylic acid groups (broad SMARTS) is 1. The lowest BCUT2D eigenvalue weighted by atomic mass is 10.2. The molecule has 7 heteroatoms. The van der Waals surface area contributed by atoms with Crippen molar-refractivity contribution in [3.05, 3.63) is 23.7 Å². The van der Waals surface area contributed by atoms with Gasteiger partial charge in [-0.15, -0.1) is 0 Å². The van der Waals surface area contributed by atoms with Crippen LogP contribution in [0.25, 0.3) is 11.5 Å². The molecule has 0 saturated carbocycles. The Labute approximate surface area is 84.2 Å². The van der Waals surface area contributed by atoms with Crippen LogP contribution in [-0.2, 0) is 0 Å². The van der Waals surface area contributed by atoms with E-state index < -0.39 is 5.97 Å². The Morgan fingerprint density at radius 3 is 2.87 bits per heavy atom. The van der Waals surface area contributed by atoms with Crippen molar-refractivity contribution in [3.8, 4) is 11.5 Å². The van der Waals surface area contributed by atoms with Gasteiger partial charge in [0, 0.05) is 11.8 Å². The maximum atomic E-state index is 10.8. The first-order valence-corrected chi connectivity index (χ1v) is 4.11. The number of carbonyl (C=O) groups is 1. The molecule has 0 aromatic carbocycles. The molecule has 0 saturated heterocycles. The first kappa shape index (κ1) is 9.25. The number of H-pyrrole nitrogens is 1. The molecule has 0 aliphatic carbocycles. The van der Waals surface area contributed by atoms with E-state index in [1.54, 1.807) is 6.92 Å². The highest BCUT2D eigenvalue weighted by Crippen LogP contribution is 2.11. The van der Waals surface area contributed by atoms with E-state index in [9.17, 15) is 4.79 Å². The van der Waals surface area contributed by atoms with Crippen molar-refractivity contribution < 1.29 is 9.90 Å². The van der Waals surface area contributed by atoms with Crippen molar-refractivity contribution in [1.82, 2.24) is 25.4 Å². The molecule has 15 heavy (non-hydrogen) atoms. The van der Waals surface area contributed by atoms with E-state index in [1.165, 1.54) is 12.4 Å². The normalized spacial score (nSPS) is 10.2. The van der Waals surface area contributed by atoms with Crippen LogP contribution in [0.1, 0.15) is 16.1 Å². The molecule has 0 fully saturated rings. The molecule has 2 aromatic heterocycles. The predicted octanol–water partition coefficient (Wildman–Crippen LogP) is 0.268. The lowest BCUT2D eigenvalue weighted by Gasteiger charge is -2.00. The predicted molar refractivity (Wildman–Crippen MR) is 49.1 cm³/mol. The standard InChI is InChI=1S/C8H7N5O2/c1-4-2-9-7(5-3-10-13-12-5)11-6(4)8(14)15/h2-3H,1H3,(H,14,15)(H,10,12,13). The zero-order chi connectivity index (χ0) is 10.8. The highest BCUT2D eigenvalue weighted by Gasteiger charge is 2.12. The van der Waals surface area contributed by atoms with Gasteiger partial charge in [0.1, 0.15) is 5.69 Å². The number of aryl methyl sites for hydroxylation is 1. The van der Waals surface area contributed by atoms with Crippen LogP contribution in [0.3, 0.4) is 0 Å². The number of nitrogens with one attached hydrogen (secondary N) is 1. The highest BCUT2D eigenvalue weighted by atomic mass is 16.4. The number of nitrogens with zero attached hydrogens (tertiary/aromatic N) is 4. The second-order valence-corrected chi connectivity index (χ2v) is 2.89. The third-order valence-corrected chi connectivity index (χ3v) is 1.82. The molecule has 2 N–H and O–H groups in total. The lowest BCUT2D eigenvalue weighted by molar-refractivity contribution is 0.0689. The van der Waals surface area contributed by atoms with Crippen LogP contribution >= 0.6 is 0 Å². The Morgan fingerprint density at radius 1 is 1.47 bits per heavy atom. The summed E-state index contributed by atoms with van der Waals surface area (Å²) in [6.45, 7) is 1.63. The molecule has 76 valence electrons. The van der Waals surface area contributed by atoms with Crippen LogP contribution in [0.2, 0.25) is 0 Å². The minimum Gasteiger partial charge on any atom is -0.477 e. The van der Waals surface area contributed by atoms with Gasteiger partial charge in [0.25, 0.3) is 0 Å². The summed E-state index contributed by atoms with van der Waals surface area (Å²) in [6, 6.07) is 0. The van der Waals surface area contributed by atoms with E-state index >= 15 is 0 Å². The number of aromatic amines is 1. The van der Waals surface area contributed by atoms with Gasteiger partial charge < -0.3 is 5.11 Å². The fourth-order valence-electron chi connectivity index (χ4n) is 1.09. The number of aromatic carboxylic acids is 1. The van der Waals surface area contributed by atoms with Crippen LogP contribution in [0.15, 0.2) is 12.4 Å². The Morgan fingerprint density at radius 2 is 2.27 bits per heavy atom. The van der Waals surface area contributed by atoms with Gasteiger partial charge in [-0.3, -0.25) is 0 Å². The largest absolute Gasteiger partial charge is 0.477 e. The summed E-state index contributed by atoms with van der Waals surface area (Å²) in [6.07, 6.45) is 2.87. The first-order valence-electron chi connectivity index (χ1n) is 4.11. The molecule has 2 heterocycles. The second-order valence-electron chi connectivity index (χ2n) is 2.89. The average Bonchev–Trinajstić information content (AvgIpc) is 2.71. The maximum Gasteiger partial charge on any atom is 0.354 e. The Hall–Kier alpha value is -2.31. The molecule has 0 spiro atoms. The van der Waals surface area contributed by atoms with Gasteiger partial charge in [-0.2, -0.15) is 15.4 Å². The summed E-state index contributed by atoms with van der Waals surface area (Å²) in [5.41, 5.74) is 0.898. The third-order valence-electron chi connectivity index (χ3n) is 1.82. The molecule has 2 aromatic rings. The van der Waals surface area contributed by atoms with Gasteiger partial charge in [-0.1, -0.05) is 0 Å². The number of hydrogen-bond acceptors (Lipinski definition) is 5. The van der Waals surface area contributed by atoms with E-state index in [2.05, 4.69) is 25.4 Å². The zero-order valence-electron chi connectivity index (χ0n) is 7.80. The van der Waals surface area contributed by atoms with Gasteiger partial charge in [-0.05, 0) is 6.92 Å². The molecule has 0 aliphatic rings. The van der Waals surface area contributed by atoms with Gasteiger partial charge in [0.05, 0.1) is 6.20 Å². The van der Waals surface area contributed by atoms with Crippen molar-refractivity contribution >= 4 is 5.97 Å². The van der Waals surface area contributed by atoms with Crippen molar-refractivity contribution in [3.63, 3.8) is 0 Å². The van der Waals surface area contributed by atoms with E-state index in [-0.39, 0.29) is 11.5 Å². The summed E-state index contributed by atoms with van der Waals surface area (Å²) < 4.78 is 0. The van der Waals surface area contributed by atoms with E-state index in [1.807, 2.05) is 0 Å². The topological polar surface area (TPSA) is 105 Å². The van der Waals surface area contributed by atoms with Gasteiger partial charge in [0.15, 0.2) is 11.5 Å². The first-order chi connectivity index (χ1) is 7.18. The smallest absolute Gasteiger partial charge is 0.354 e. The number of hydrogen-bond donors (Lipinski definition) is 2. The van der Waals surface area contributed by atoms with E-state index in [4.69, 9.17) is 5.11 Å². The lowest BCUT2D eigenvalue weighted by Crippen LogP contribution is -2.05. The van der Waals surface area contributed by atoms with E-state index in [0.29, 0.717) is 11.3 Å². The molecule has 0 aliphatic heterocycles. The fourth-order valence-corrected chi connectivity index (χ4v) is 1.09. The van der Waals surface area contributed by atoms with Crippen LogP contribution in [0.5, 0.6) is 0 Å². The number of carboxylic acids is 1. The summed E-state index contributed by atoms with van der Waals surface area (Å²) in [5, 5.41) is 18.6. The van der Waals surface area contributed by atoms with Gasteiger partial charge in [0.2, 0.25) is 0 Å². The molecular weight excluding hydrogens is 198 g/mol. The zero-order valence-corrected chi connectivity index (χ0v) is 7.80. The SMILES string of the molecule is Cc1cnc(-c2cn[nH]n2)nc1C(=O)O. The van der Waals surface area contributed by atoms with Crippen molar-refractivity contribution in [2.75, 3.05) is 0 Å². The minimum absolute atomic E-state index is 0.0250. The van der Waals surface area contributed by atoms with E-state index in [0.717, 1.165) is 0 Å². The Bertz CT molecular complexity index is 494. The van der Waals surface area contributed by atoms with Crippen molar-refractivity contribution in [2.45, 2.75) is 6.92 Å². The minimum atomic E-state index is -1.08. The second kappa shape index (κ2) is 3.45. The van der Waals surface area contributed by atoms with Gasteiger partial charge >= 0.3 is 5.97 Å². The highest BCUT2D eigenvalue weighted by molar-refractivity contribution is 5.87. The number of rotatable bonds is 2. The summed E-state index contributed by atoms with van der Waals surface area (Å²) in [5.74, 6) is -0.841. The number of aromatic nitrogens is 5. The maximum absolute atomic E-state index is 10.8. The summed E-state index contributed by atoms with van der Waals surface area (Å²) in [4.78, 5) is 18.7. The van der Waals surface area contributed by atoms with Crippen LogP contribution in [-0.4, -0.2) is 36.5 Å². The molecule has 0 atom stereocenters. The molecule has 0 bridgehead atoms.